The van der Waals surface area contributed by atoms with Gasteiger partial charge in [-0.2, -0.15) is 0 Å². The Morgan fingerprint density at radius 3 is 2.47 bits per heavy atom. The maximum absolute atomic E-state index is 8.95. The van der Waals surface area contributed by atoms with E-state index in [1.165, 1.54) is 5.56 Å². The molecule has 2 N–H and O–H groups in total. The summed E-state index contributed by atoms with van der Waals surface area (Å²) in [6.07, 6.45) is 1.78. The highest BCUT2D eigenvalue weighted by molar-refractivity contribution is 5.43. The minimum absolute atomic E-state index is 0.0903. The lowest BCUT2D eigenvalue weighted by atomic mass is 10.1. The van der Waals surface area contributed by atoms with Crippen molar-refractivity contribution in [1.82, 2.24) is 4.98 Å². The van der Waals surface area contributed by atoms with E-state index in [1.807, 2.05) is 43.3 Å². The van der Waals surface area contributed by atoms with Gasteiger partial charge in [0, 0.05) is 12.7 Å². The first-order chi connectivity index (χ1) is 8.29. The van der Waals surface area contributed by atoms with Crippen LogP contribution in [0.15, 0.2) is 42.6 Å². The quantitative estimate of drug-likeness (QED) is 0.845. The summed E-state index contributed by atoms with van der Waals surface area (Å²) < 4.78 is 0. The van der Waals surface area contributed by atoms with Crippen molar-refractivity contribution in [2.75, 3.05) is 5.32 Å². The molecule has 0 fully saturated rings. The summed E-state index contributed by atoms with van der Waals surface area (Å²) in [5.41, 5.74) is 3.24. The summed E-state index contributed by atoms with van der Waals surface area (Å²) >= 11 is 0. The summed E-state index contributed by atoms with van der Waals surface area (Å²) in [4.78, 5) is 4.28. The number of rotatable bonds is 4. The summed E-state index contributed by atoms with van der Waals surface area (Å²) in [5, 5.41) is 12.2. The van der Waals surface area contributed by atoms with Crippen molar-refractivity contribution < 1.29 is 5.11 Å². The Labute approximate surface area is 101 Å². The van der Waals surface area contributed by atoms with E-state index in [9.17, 15) is 0 Å². The van der Waals surface area contributed by atoms with Crippen molar-refractivity contribution in [2.24, 2.45) is 0 Å². The maximum Gasteiger partial charge on any atom is 0.129 e. The average molecular weight is 228 g/mol. The molecule has 0 aliphatic carbocycles. The molecule has 0 aliphatic rings. The van der Waals surface area contributed by atoms with Gasteiger partial charge in [0.05, 0.1) is 6.61 Å². The molecule has 0 spiro atoms. The number of pyridine rings is 1. The summed E-state index contributed by atoms with van der Waals surface area (Å²) in [5.74, 6) is 0.915. The van der Waals surface area contributed by atoms with Gasteiger partial charge in [-0.1, -0.05) is 30.3 Å². The van der Waals surface area contributed by atoms with Crippen LogP contribution in [0.5, 0.6) is 0 Å². The highest BCUT2D eigenvalue weighted by Gasteiger charge is 1.98. The Morgan fingerprint density at radius 1 is 1.12 bits per heavy atom. The van der Waals surface area contributed by atoms with Gasteiger partial charge in [-0.05, 0) is 29.7 Å². The lowest BCUT2D eigenvalue weighted by molar-refractivity contribution is 0.282. The molecule has 3 heteroatoms. The van der Waals surface area contributed by atoms with Crippen LogP contribution in [0.25, 0.3) is 0 Å². The first kappa shape index (κ1) is 11.6. The molecule has 17 heavy (non-hydrogen) atoms. The Morgan fingerprint density at radius 2 is 1.82 bits per heavy atom. The number of aromatic nitrogens is 1. The lowest BCUT2D eigenvalue weighted by Crippen LogP contribution is -2.02. The van der Waals surface area contributed by atoms with Gasteiger partial charge in [-0.15, -0.1) is 0 Å². The van der Waals surface area contributed by atoms with E-state index < -0.39 is 0 Å². The molecule has 1 heterocycles. The van der Waals surface area contributed by atoms with Gasteiger partial charge in [0.25, 0.3) is 0 Å². The number of aliphatic hydroxyl groups is 1. The van der Waals surface area contributed by atoms with Crippen LogP contribution in [0.1, 0.15) is 16.7 Å². The van der Waals surface area contributed by atoms with E-state index >= 15 is 0 Å². The van der Waals surface area contributed by atoms with Crippen LogP contribution >= 0.6 is 0 Å². The first-order valence-corrected chi connectivity index (χ1v) is 5.64. The first-order valence-electron chi connectivity index (χ1n) is 5.64. The van der Waals surface area contributed by atoms with Crippen LogP contribution in [0, 0.1) is 6.92 Å². The predicted molar refractivity (Wildman–Crippen MR) is 68.7 cm³/mol. The zero-order valence-electron chi connectivity index (χ0n) is 9.85. The Hall–Kier alpha value is -1.87. The van der Waals surface area contributed by atoms with Crippen molar-refractivity contribution in [3.05, 3.63) is 59.3 Å². The van der Waals surface area contributed by atoms with Gasteiger partial charge in [0.1, 0.15) is 5.82 Å². The largest absolute Gasteiger partial charge is 0.392 e. The highest BCUT2D eigenvalue weighted by atomic mass is 16.3. The van der Waals surface area contributed by atoms with Gasteiger partial charge in [-0.25, -0.2) is 4.98 Å². The predicted octanol–water partition coefficient (Wildman–Crippen LogP) is 2.49. The van der Waals surface area contributed by atoms with Crippen molar-refractivity contribution >= 4 is 5.82 Å². The number of nitrogens with zero attached hydrogens (tertiary/aromatic N) is 1. The van der Waals surface area contributed by atoms with E-state index in [1.54, 1.807) is 6.20 Å². The zero-order valence-corrected chi connectivity index (χ0v) is 9.85. The molecule has 0 saturated heterocycles. The molecular weight excluding hydrogens is 212 g/mol. The Kier molecular flexibility index (Phi) is 3.73. The highest BCUT2D eigenvalue weighted by Crippen LogP contribution is 2.11. The zero-order chi connectivity index (χ0) is 12.1. The van der Waals surface area contributed by atoms with Crippen molar-refractivity contribution in [2.45, 2.75) is 20.1 Å². The summed E-state index contributed by atoms with van der Waals surface area (Å²) in [6, 6.07) is 11.8. The van der Waals surface area contributed by atoms with Crippen molar-refractivity contribution in [3.8, 4) is 0 Å². The lowest BCUT2D eigenvalue weighted by Gasteiger charge is -2.08. The van der Waals surface area contributed by atoms with E-state index in [-0.39, 0.29) is 6.61 Å². The average Bonchev–Trinajstić information content (AvgIpc) is 2.38. The van der Waals surface area contributed by atoms with Gasteiger partial charge in [0.2, 0.25) is 0 Å². The number of aryl methyl sites for hydroxylation is 1. The number of hydrogen-bond donors (Lipinski definition) is 2. The molecular formula is C14H16N2O. The molecule has 1 aromatic heterocycles. The van der Waals surface area contributed by atoms with E-state index in [0.29, 0.717) is 0 Å². The molecule has 2 rings (SSSR count). The van der Waals surface area contributed by atoms with Crippen molar-refractivity contribution in [1.29, 1.82) is 0 Å². The minimum Gasteiger partial charge on any atom is -0.392 e. The van der Waals surface area contributed by atoms with Gasteiger partial charge >= 0.3 is 0 Å². The summed E-state index contributed by atoms with van der Waals surface area (Å²) in [7, 11) is 0. The third kappa shape index (κ3) is 3.04. The number of anilines is 1. The molecule has 0 amide bonds. The smallest absolute Gasteiger partial charge is 0.129 e. The third-order valence-electron chi connectivity index (χ3n) is 2.67. The van der Waals surface area contributed by atoms with Gasteiger partial charge in [0.15, 0.2) is 0 Å². The van der Waals surface area contributed by atoms with Crippen molar-refractivity contribution in [3.63, 3.8) is 0 Å². The van der Waals surface area contributed by atoms with Crippen LogP contribution < -0.4 is 5.32 Å². The number of hydrogen-bond acceptors (Lipinski definition) is 3. The molecule has 88 valence electrons. The standard InChI is InChI=1S/C14H16N2O/c1-11-3-2-8-15-14(11)16-9-12-4-6-13(10-17)7-5-12/h2-8,17H,9-10H2,1H3,(H,15,16). The maximum atomic E-state index is 8.95. The Bertz CT molecular complexity index is 480. The van der Waals surface area contributed by atoms with E-state index in [2.05, 4.69) is 10.3 Å². The van der Waals surface area contributed by atoms with E-state index in [0.717, 1.165) is 23.5 Å². The van der Waals surface area contributed by atoms with E-state index in [4.69, 9.17) is 5.11 Å². The SMILES string of the molecule is Cc1cccnc1NCc1ccc(CO)cc1. The monoisotopic (exact) mass is 228 g/mol. The fourth-order valence-electron chi connectivity index (χ4n) is 1.62. The molecule has 0 saturated carbocycles. The van der Waals surface area contributed by atoms with Gasteiger partial charge in [-0.3, -0.25) is 0 Å². The number of aliphatic hydroxyl groups excluding tert-OH is 1. The van der Waals surface area contributed by atoms with Gasteiger partial charge < -0.3 is 10.4 Å². The fourth-order valence-corrected chi connectivity index (χ4v) is 1.62. The van der Waals surface area contributed by atoms with Crippen LogP contribution in [0.4, 0.5) is 5.82 Å². The molecule has 1 aromatic carbocycles. The number of nitrogens with one attached hydrogen (secondary N) is 1. The van der Waals surface area contributed by atoms with Crippen LogP contribution in [0.2, 0.25) is 0 Å². The Balaban J connectivity index is 2.00. The second-order valence-electron chi connectivity index (χ2n) is 4.00. The van der Waals surface area contributed by atoms with Crippen LogP contribution in [-0.2, 0) is 13.2 Å². The summed E-state index contributed by atoms with van der Waals surface area (Å²) in [6.45, 7) is 2.86. The minimum atomic E-state index is 0.0903. The topological polar surface area (TPSA) is 45.2 Å². The normalized spacial score (nSPS) is 10.2. The number of benzene rings is 1. The second kappa shape index (κ2) is 5.46. The fraction of sp³-hybridized carbons (Fsp3) is 0.214. The van der Waals surface area contributed by atoms with Crippen LogP contribution in [0.3, 0.4) is 0 Å². The molecule has 0 atom stereocenters. The second-order valence-corrected chi connectivity index (χ2v) is 4.00. The van der Waals surface area contributed by atoms with Crippen LogP contribution in [-0.4, -0.2) is 10.1 Å². The molecule has 0 unspecified atom stereocenters. The molecule has 0 aliphatic heterocycles. The molecule has 0 bridgehead atoms. The third-order valence-corrected chi connectivity index (χ3v) is 2.67. The molecule has 3 nitrogen and oxygen atoms in total. The molecule has 2 aromatic rings. The molecule has 0 radical (unpaired) electrons.